The number of amides is 1. The van der Waals surface area contributed by atoms with Gasteiger partial charge in [-0.3, -0.25) is 4.79 Å². The molecule has 0 aromatic carbocycles. The Morgan fingerprint density at radius 3 is 1.04 bits per heavy atom. The largest absolute Gasteiger partial charge is 0.394 e. The van der Waals surface area contributed by atoms with Crippen LogP contribution >= 0.6 is 0 Å². The fraction of sp³-hybridized carbons (Fsp3) is 0.961. The average Bonchev–Trinajstić information content (AvgIpc) is 1.15. The highest BCUT2D eigenvalue weighted by Gasteiger charge is 2.51. The van der Waals surface area contributed by atoms with Crippen LogP contribution in [0.3, 0.4) is 0 Å². The summed E-state index contributed by atoms with van der Waals surface area (Å²) in [5.41, 5.74) is 0. The summed E-state index contributed by atoms with van der Waals surface area (Å²) in [7, 11) is 0. The summed E-state index contributed by atoms with van der Waals surface area (Å²) in [5, 5.41) is 87.8. The van der Waals surface area contributed by atoms with E-state index in [0.717, 1.165) is 51.4 Å². The summed E-state index contributed by atoms with van der Waals surface area (Å²) in [6.07, 6.45) is 61.1. The van der Waals surface area contributed by atoms with Gasteiger partial charge in [0.1, 0.15) is 48.8 Å². The molecule has 2 rings (SSSR count). The maximum Gasteiger partial charge on any atom is 0.220 e. The first kappa shape index (κ1) is 85.8. The third kappa shape index (κ3) is 45.8. The number of unbranched alkanes of at least 4 members (excludes halogenated alkanes) is 52. The van der Waals surface area contributed by atoms with E-state index in [4.69, 9.17) is 18.9 Å². The van der Waals surface area contributed by atoms with Crippen molar-refractivity contribution in [3.05, 3.63) is 12.2 Å². The van der Waals surface area contributed by atoms with Gasteiger partial charge in [0.25, 0.3) is 0 Å². The molecule has 540 valence electrons. The van der Waals surface area contributed by atoms with Gasteiger partial charge in [-0.05, 0) is 38.5 Å². The Balaban J connectivity index is 1.61. The topological polar surface area (TPSA) is 228 Å². The predicted molar refractivity (Wildman–Crippen MR) is 374 cm³/mol. The number of allylic oxidation sites excluding steroid dienone is 2. The Kier molecular flexibility index (Phi) is 58.7. The molecule has 0 bridgehead atoms. The van der Waals surface area contributed by atoms with E-state index in [1.165, 1.54) is 302 Å². The number of rotatable bonds is 67. The van der Waals surface area contributed by atoms with Crippen LogP contribution in [0.2, 0.25) is 0 Å². The number of hydrogen-bond acceptors (Lipinski definition) is 13. The van der Waals surface area contributed by atoms with Gasteiger partial charge >= 0.3 is 0 Å². The molecule has 0 aromatic rings. The molecule has 0 radical (unpaired) electrons. The number of aliphatic hydroxyl groups excluding tert-OH is 8. The number of ether oxygens (including phenoxy) is 4. The van der Waals surface area contributed by atoms with Crippen LogP contribution in [-0.4, -0.2) is 140 Å². The Labute approximate surface area is 558 Å². The smallest absolute Gasteiger partial charge is 0.220 e. The maximum atomic E-state index is 13.4. The van der Waals surface area contributed by atoms with Crippen LogP contribution in [0.4, 0.5) is 0 Å². The summed E-state index contributed by atoms with van der Waals surface area (Å²) >= 11 is 0. The molecule has 0 spiro atoms. The fourth-order valence-corrected chi connectivity index (χ4v) is 13.5. The van der Waals surface area contributed by atoms with E-state index in [1.807, 2.05) is 0 Å². The van der Waals surface area contributed by atoms with E-state index in [-0.39, 0.29) is 12.5 Å². The minimum Gasteiger partial charge on any atom is -0.394 e. The summed E-state index contributed by atoms with van der Waals surface area (Å²) in [4.78, 5) is 13.4. The summed E-state index contributed by atoms with van der Waals surface area (Å²) in [6, 6.07) is -0.828. The second kappa shape index (κ2) is 62.3. The third-order valence-electron chi connectivity index (χ3n) is 19.7. The van der Waals surface area contributed by atoms with Crippen LogP contribution in [0.15, 0.2) is 12.2 Å². The highest BCUT2D eigenvalue weighted by atomic mass is 16.7. The number of nitrogens with one attached hydrogen (secondary N) is 1. The Bertz CT molecular complexity index is 1570. The first-order valence-corrected chi connectivity index (χ1v) is 39.4. The van der Waals surface area contributed by atoms with E-state index in [2.05, 4.69) is 31.3 Å². The molecule has 12 atom stereocenters. The van der Waals surface area contributed by atoms with Gasteiger partial charge in [0, 0.05) is 6.42 Å². The SMILES string of the molecule is CCCCCCCCCC/C=C\CCCCCCCCCCCCCCCC(=O)NC(COC1OC(CO)C(OC2OC(CO)C(O)C(O)C2O)C(O)C1O)C(O)CCCCCCCCCCCCCCCCCCCCCCCCCCCCCCCCCC. The molecule has 2 aliphatic heterocycles. The number of carbonyl (C=O) groups excluding carboxylic acids is 1. The Morgan fingerprint density at radius 1 is 0.385 bits per heavy atom. The second-order valence-corrected chi connectivity index (χ2v) is 28.2. The molecule has 12 unspecified atom stereocenters. The molecule has 2 aliphatic rings. The van der Waals surface area contributed by atoms with Gasteiger partial charge in [0.2, 0.25) is 5.91 Å². The van der Waals surface area contributed by atoms with E-state index < -0.39 is 86.8 Å². The molecule has 0 aliphatic carbocycles. The lowest BCUT2D eigenvalue weighted by Gasteiger charge is -2.46. The first-order valence-electron chi connectivity index (χ1n) is 39.4. The van der Waals surface area contributed by atoms with Gasteiger partial charge in [-0.15, -0.1) is 0 Å². The zero-order valence-corrected chi connectivity index (χ0v) is 59.1. The van der Waals surface area contributed by atoms with E-state index >= 15 is 0 Å². The van der Waals surface area contributed by atoms with Crippen LogP contribution < -0.4 is 5.32 Å². The number of hydrogen-bond donors (Lipinski definition) is 9. The van der Waals surface area contributed by atoms with Crippen LogP contribution in [-0.2, 0) is 23.7 Å². The van der Waals surface area contributed by atoms with Crippen molar-refractivity contribution >= 4 is 5.91 Å². The lowest BCUT2D eigenvalue weighted by atomic mass is 9.97. The zero-order valence-electron chi connectivity index (χ0n) is 59.1. The van der Waals surface area contributed by atoms with Gasteiger partial charge in [0.15, 0.2) is 12.6 Å². The van der Waals surface area contributed by atoms with Gasteiger partial charge in [-0.2, -0.15) is 0 Å². The van der Waals surface area contributed by atoms with Crippen molar-refractivity contribution in [3.63, 3.8) is 0 Å². The van der Waals surface area contributed by atoms with Crippen molar-refractivity contribution in [2.75, 3.05) is 19.8 Å². The van der Waals surface area contributed by atoms with Gasteiger partial charge in [-0.25, -0.2) is 0 Å². The van der Waals surface area contributed by atoms with Crippen LogP contribution in [0.5, 0.6) is 0 Å². The lowest BCUT2D eigenvalue weighted by molar-refractivity contribution is -0.359. The van der Waals surface area contributed by atoms with Crippen LogP contribution in [0.25, 0.3) is 0 Å². The second-order valence-electron chi connectivity index (χ2n) is 28.2. The molecule has 2 saturated heterocycles. The Morgan fingerprint density at radius 2 is 0.692 bits per heavy atom. The highest BCUT2D eigenvalue weighted by molar-refractivity contribution is 5.76. The van der Waals surface area contributed by atoms with Crippen molar-refractivity contribution in [1.82, 2.24) is 5.32 Å². The van der Waals surface area contributed by atoms with E-state index in [9.17, 15) is 45.6 Å². The van der Waals surface area contributed by atoms with E-state index in [0.29, 0.717) is 12.8 Å². The average molecular weight is 1300 g/mol. The standard InChI is InChI=1S/C77H149NO13/c1-3-5-7-9-11-13-15-17-19-21-23-25-27-29-30-31-32-33-34-35-37-38-40-42-44-46-48-50-52-54-56-58-60-66(81)65(64-88-76-74(87)72(85)75(68(63-80)90-76)91-77-73(86)71(84)70(83)67(62-79)89-77)78-69(82)61-59-57-55-53-51-49-47-45-43-41-39-36-28-26-24-22-20-18-16-14-12-10-8-6-4-2/h22,24,65-68,70-77,79-81,83-87H,3-21,23,25-64H2,1-2H3,(H,78,82)/b24-22-. The molecule has 14 nitrogen and oxygen atoms in total. The molecule has 0 aromatic heterocycles. The quantitative estimate of drug-likeness (QED) is 0.0204. The summed E-state index contributed by atoms with van der Waals surface area (Å²) < 4.78 is 23.0. The molecule has 14 heteroatoms. The van der Waals surface area contributed by atoms with Gasteiger partial charge in [-0.1, -0.05) is 347 Å². The normalized spacial score (nSPS) is 22.7. The van der Waals surface area contributed by atoms with Crippen LogP contribution in [0, 0.1) is 0 Å². The van der Waals surface area contributed by atoms with Gasteiger partial charge in [0.05, 0.1) is 32.0 Å². The number of carbonyl (C=O) groups is 1. The maximum absolute atomic E-state index is 13.4. The summed E-state index contributed by atoms with van der Waals surface area (Å²) in [6.45, 7) is 2.93. The molecule has 9 N–H and O–H groups in total. The van der Waals surface area contributed by atoms with Crippen molar-refractivity contribution in [3.8, 4) is 0 Å². The van der Waals surface area contributed by atoms with Crippen molar-refractivity contribution in [2.24, 2.45) is 0 Å². The van der Waals surface area contributed by atoms with Crippen molar-refractivity contribution < 1.29 is 64.6 Å². The molecule has 91 heavy (non-hydrogen) atoms. The zero-order chi connectivity index (χ0) is 65.9. The monoisotopic (exact) mass is 1300 g/mol. The van der Waals surface area contributed by atoms with Crippen LogP contribution in [0.1, 0.15) is 380 Å². The molecular formula is C77H149NO13. The fourth-order valence-electron chi connectivity index (χ4n) is 13.5. The Hall–Kier alpha value is -1.27. The molecule has 2 fully saturated rings. The lowest BCUT2D eigenvalue weighted by Crippen LogP contribution is -2.65. The first-order chi connectivity index (χ1) is 44.6. The molecular weight excluding hydrogens is 1150 g/mol. The van der Waals surface area contributed by atoms with Gasteiger partial charge < -0.3 is 65.1 Å². The van der Waals surface area contributed by atoms with E-state index in [1.54, 1.807) is 0 Å². The molecule has 0 saturated carbocycles. The molecule has 2 heterocycles. The number of aliphatic hydroxyl groups is 8. The molecule has 1 amide bonds. The minimum atomic E-state index is -1.78. The van der Waals surface area contributed by atoms with Crippen molar-refractivity contribution in [2.45, 2.75) is 453 Å². The third-order valence-corrected chi connectivity index (χ3v) is 19.7. The summed E-state index contributed by atoms with van der Waals surface area (Å²) in [5.74, 6) is -0.199. The van der Waals surface area contributed by atoms with Crippen molar-refractivity contribution in [1.29, 1.82) is 0 Å². The highest BCUT2D eigenvalue weighted by Crippen LogP contribution is 2.30. The minimum absolute atomic E-state index is 0.199. The predicted octanol–water partition coefficient (Wildman–Crippen LogP) is 17.3.